The smallest absolute Gasteiger partial charge is 0.165 e. The van der Waals surface area contributed by atoms with Crippen molar-refractivity contribution in [2.45, 2.75) is 44.8 Å². The van der Waals surface area contributed by atoms with Crippen LogP contribution in [0.25, 0.3) is 0 Å². The molecule has 2 unspecified atom stereocenters. The molecule has 3 aliphatic rings. The number of carbonyl (C=O) groups excluding carboxylic acids is 2. The second kappa shape index (κ2) is 2.21. The normalized spacial score (nSPS) is 42.5. The van der Waals surface area contributed by atoms with Gasteiger partial charge in [-0.05, 0) is 20.8 Å². The van der Waals surface area contributed by atoms with E-state index in [1.165, 1.54) is 0 Å². The molecule has 0 N–H and O–H groups in total. The van der Waals surface area contributed by atoms with E-state index in [0.717, 1.165) is 0 Å². The maximum atomic E-state index is 11.6. The van der Waals surface area contributed by atoms with Crippen LogP contribution in [0.1, 0.15) is 33.6 Å². The highest BCUT2D eigenvalue weighted by molar-refractivity contribution is 6.02. The molecular weight excluding hydrogens is 168 g/mol. The number of ketones is 2. The van der Waals surface area contributed by atoms with Gasteiger partial charge in [0.15, 0.2) is 5.78 Å². The van der Waals surface area contributed by atoms with Gasteiger partial charge in [-0.1, -0.05) is 0 Å². The van der Waals surface area contributed by atoms with E-state index in [-0.39, 0.29) is 23.9 Å². The van der Waals surface area contributed by atoms with E-state index in [9.17, 15) is 9.59 Å². The highest BCUT2D eigenvalue weighted by Gasteiger charge is 2.57. The molecule has 3 fully saturated rings. The Kier molecular flexibility index (Phi) is 1.51. The minimum absolute atomic E-state index is 0.0800. The molecule has 0 aromatic rings. The van der Waals surface area contributed by atoms with Crippen molar-refractivity contribution in [2.75, 3.05) is 0 Å². The molecule has 3 rings (SSSR count). The molecular formula is C10H14O3. The first-order valence-corrected chi connectivity index (χ1v) is 4.61. The largest absolute Gasteiger partial charge is 0.360 e. The van der Waals surface area contributed by atoms with E-state index in [2.05, 4.69) is 0 Å². The summed E-state index contributed by atoms with van der Waals surface area (Å²) in [4.78, 5) is 23.1. The summed E-state index contributed by atoms with van der Waals surface area (Å²) in [6, 6.07) is 0. The van der Waals surface area contributed by atoms with Gasteiger partial charge in [0.25, 0.3) is 0 Å². The fourth-order valence-corrected chi connectivity index (χ4v) is 2.45. The zero-order chi connectivity index (χ0) is 9.85. The van der Waals surface area contributed by atoms with E-state index in [4.69, 9.17) is 4.74 Å². The molecule has 1 saturated carbocycles. The molecule has 0 aromatic carbocycles. The van der Waals surface area contributed by atoms with Crippen molar-refractivity contribution in [1.29, 1.82) is 0 Å². The SMILES string of the molecule is CC12CC(=O)C(CC1=O)C(C)(C)O2. The second-order valence-corrected chi connectivity index (χ2v) is 4.76. The number of carbonyl (C=O) groups is 2. The Bertz CT molecular complexity index is 293. The zero-order valence-corrected chi connectivity index (χ0v) is 8.22. The van der Waals surface area contributed by atoms with Crippen LogP contribution in [0.2, 0.25) is 0 Å². The van der Waals surface area contributed by atoms with Crippen LogP contribution in [0.3, 0.4) is 0 Å². The van der Waals surface area contributed by atoms with Crippen LogP contribution in [0, 0.1) is 5.92 Å². The van der Waals surface area contributed by atoms with Crippen molar-refractivity contribution in [3.8, 4) is 0 Å². The van der Waals surface area contributed by atoms with Gasteiger partial charge in [-0.25, -0.2) is 0 Å². The van der Waals surface area contributed by atoms with Gasteiger partial charge >= 0.3 is 0 Å². The number of ether oxygens (including phenoxy) is 1. The Balaban J connectivity index is 2.43. The molecule has 2 aliphatic heterocycles. The van der Waals surface area contributed by atoms with Crippen molar-refractivity contribution >= 4 is 11.6 Å². The molecule has 0 spiro atoms. The topological polar surface area (TPSA) is 43.4 Å². The van der Waals surface area contributed by atoms with Crippen LogP contribution >= 0.6 is 0 Å². The first-order chi connectivity index (χ1) is 5.85. The number of hydrogen-bond donors (Lipinski definition) is 0. The Hall–Kier alpha value is -0.700. The van der Waals surface area contributed by atoms with Gasteiger partial charge in [0.1, 0.15) is 11.4 Å². The lowest BCUT2D eigenvalue weighted by Gasteiger charge is -2.51. The average Bonchev–Trinajstić information content (AvgIpc) is 1.92. The third-order valence-corrected chi connectivity index (χ3v) is 3.21. The molecule has 3 heteroatoms. The summed E-state index contributed by atoms with van der Waals surface area (Å²) in [6.07, 6.45) is 0.627. The summed E-state index contributed by atoms with van der Waals surface area (Å²) in [5.74, 6) is 0.0385. The molecule has 0 amide bonds. The molecule has 1 aliphatic carbocycles. The van der Waals surface area contributed by atoms with Crippen molar-refractivity contribution < 1.29 is 14.3 Å². The lowest BCUT2D eigenvalue weighted by Crippen LogP contribution is -2.63. The molecule has 0 aromatic heterocycles. The molecule has 2 heterocycles. The molecule has 2 saturated heterocycles. The lowest BCUT2D eigenvalue weighted by atomic mass is 9.67. The van der Waals surface area contributed by atoms with Crippen LogP contribution in [0.5, 0.6) is 0 Å². The Morgan fingerprint density at radius 1 is 1.31 bits per heavy atom. The van der Waals surface area contributed by atoms with Gasteiger partial charge < -0.3 is 4.74 Å². The summed E-state index contributed by atoms with van der Waals surface area (Å²) < 4.78 is 5.67. The quantitative estimate of drug-likeness (QED) is 0.563. The van der Waals surface area contributed by atoms with E-state index in [0.29, 0.717) is 6.42 Å². The minimum atomic E-state index is -0.838. The monoisotopic (exact) mass is 182 g/mol. The second-order valence-electron chi connectivity index (χ2n) is 4.76. The molecule has 2 atom stereocenters. The maximum absolute atomic E-state index is 11.6. The van der Waals surface area contributed by atoms with Crippen molar-refractivity contribution in [3.05, 3.63) is 0 Å². The van der Waals surface area contributed by atoms with Crippen LogP contribution in [0.4, 0.5) is 0 Å². The fourth-order valence-electron chi connectivity index (χ4n) is 2.45. The Morgan fingerprint density at radius 2 is 1.92 bits per heavy atom. The predicted molar refractivity (Wildman–Crippen MR) is 46.3 cm³/mol. The molecule has 2 bridgehead atoms. The summed E-state index contributed by atoms with van der Waals surface area (Å²) in [5.41, 5.74) is -1.30. The fraction of sp³-hybridized carbons (Fsp3) is 0.800. The highest BCUT2D eigenvalue weighted by atomic mass is 16.5. The van der Waals surface area contributed by atoms with Gasteiger partial charge in [0.05, 0.1) is 11.5 Å². The number of fused-ring (bicyclic) bond motifs is 3. The molecule has 72 valence electrons. The number of hydrogen-bond acceptors (Lipinski definition) is 3. The minimum Gasteiger partial charge on any atom is -0.360 e. The van der Waals surface area contributed by atoms with Gasteiger partial charge in [-0.15, -0.1) is 0 Å². The zero-order valence-electron chi connectivity index (χ0n) is 8.22. The van der Waals surface area contributed by atoms with Crippen LogP contribution in [-0.2, 0) is 14.3 Å². The Morgan fingerprint density at radius 3 is 2.38 bits per heavy atom. The van der Waals surface area contributed by atoms with Gasteiger partial charge in [0.2, 0.25) is 0 Å². The van der Waals surface area contributed by atoms with Gasteiger partial charge in [0, 0.05) is 12.8 Å². The average molecular weight is 182 g/mol. The van der Waals surface area contributed by atoms with Crippen molar-refractivity contribution in [3.63, 3.8) is 0 Å². The Labute approximate surface area is 77.4 Å². The molecule has 3 nitrogen and oxygen atoms in total. The van der Waals surface area contributed by atoms with Crippen LogP contribution in [-0.4, -0.2) is 22.8 Å². The first kappa shape index (κ1) is 8.88. The van der Waals surface area contributed by atoms with E-state index in [1.54, 1.807) is 6.92 Å². The third-order valence-electron chi connectivity index (χ3n) is 3.21. The molecule has 0 radical (unpaired) electrons. The van der Waals surface area contributed by atoms with E-state index >= 15 is 0 Å². The standard InChI is InChI=1S/C10H14O3/c1-9(2)6-4-8(12)10(3,13-9)5-7(6)11/h6H,4-5H2,1-3H3. The lowest BCUT2D eigenvalue weighted by molar-refractivity contribution is -0.216. The summed E-state index contributed by atoms with van der Waals surface area (Å²) >= 11 is 0. The summed E-state index contributed by atoms with van der Waals surface area (Å²) in [6.45, 7) is 5.50. The molecule has 13 heavy (non-hydrogen) atoms. The predicted octanol–water partition coefficient (Wildman–Crippen LogP) is 1.10. The van der Waals surface area contributed by atoms with Crippen LogP contribution < -0.4 is 0 Å². The maximum Gasteiger partial charge on any atom is 0.165 e. The first-order valence-electron chi connectivity index (χ1n) is 4.61. The van der Waals surface area contributed by atoms with Gasteiger partial charge in [-0.2, -0.15) is 0 Å². The van der Waals surface area contributed by atoms with Crippen molar-refractivity contribution in [2.24, 2.45) is 5.92 Å². The summed E-state index contributed by atoms with van der Waals surface area (Å²) in [7, 11) is 0. The number of rotatable bonds is 0. The highest BCUT2D eigenvalue weighted by Crippen LogP contribution is 2.45. The van der Waals surface area contributed by atoms with Crippen molar-refractivity contribution in [1.82, 2.24) is 0 Å². The van der Waals surface area contributed by atoms with Crippen LogP contribution in [0.15, 0.2) is 0 Å². The number of Topliss-reactive ketones (excluding diaryl/α,β-unsaturated/α-hetero) is 2. The summed E-state index contributed by atoms with van der Waals surface area (Å²) in [5, 5.41) is 0. The van der Waals surface area contributed by atoms with E-state index in [1.807, 2.05) is 13.8 Å². The van der Waals surface area contributed by atoms with E-state index < -0.39 is 11.2 Å². The van der Waals surface area contributed by atoms with Gasteiger partial charge in [-0.3, -0.25) is 9.59 Å². The third kappa shape index (κ3) is 1.06.